The predicted octanol–water partition coefficient (Wildman–Crippen LogP) is 1.98. The number of hydrogen-bond acceptors (Lipinski definition) is 5. The van der Waals surface area contributed by atoms with E-state index in [2.05, 4.69) is 15.3 Å². The van der Waals surface area contributed by atoms with E-state index in [0.29, 0.717) is 11.2 Å². The molecule has 0 saturated carbocycles. The Morgan fingerprint density at radius 2 is 2.22 bits per heavy atom. The molecule has 0 bridgehead atoms. The van der Waals surface area contributed by atoms with Crippen LogP contribution in [0.2, 0.25) is 0 Å². The number of anilines is 1. The predicted molar refractivity (Wildman–Crippen MR) is 88.8 cm³/mol. The number of fused-ring (bicyclic) bond motifs is 3. The minimum Gasteiger partial charge on any atom is -0.309 e. The zero-order valence-electron chi connectivity index (χ0n) is 12.3. The van der Waals surface area contributed by atoms with Crippen LogP contribution >= 0.6 is 11.3 Å². The Bertz CT molecular complexity index is 946. The first-order valence-corrected chi connectivity index (χ1v) is 8.24. The second kappa shape index (κ2) is 5.58. The van der Waals surface area contributed by atoms with Gasteiger partial charge in [0.15, 0.2) is 0 Å². The van der Waals surface area contributed by atoms with E-state index < -0.39 is 0 Å². The summed E-state index contributed by atoms with van der Waals surface area (Å²) < 4.78 is 1.37. The molecule has 7 heteroatoms. The topological polar surface area (TPSA) is 76.9 Å². The van der Waals surface area contributed by atoms with E-state index in [1.807, 2.05) is 0 Å². The summed E-state index contributed by atoms with van der Waals surface area (Å²) in [5.74, 6) is 0.176. The summed E-state index contributed by atoms with van der Waals surface area (Å²) in [6.45, 7) is -0.0665. The van der Waals surface area contributed by atoms with Crippen molar-refractivity contribution in [2.24, 2.45) is 0 Å². The first-order valence-electron chi connectivity index (χ1n) is 7.43. The maximum atomic E-state index is 12.7. The van der Waals surface area contributed by atoms with E-state index >= 15 is 0 Å². The normalized spacial score (nSPS) is 13.2. The number of rotatable bonds is 3. The van der Waals surface area contributed by atoms with E-state index in [-0.39, 0.29) is 18.0 Å². The van der Waals surface area contributed by atoms with Crippen molar-refractivity contribution < 1.29 is 4.79 Å². The van der Waals surface area contributed by atoms with Crippen molar-refractivity contribution in [2.75, 3.05) is 5.32 Å². The number of carbonyl (C=O) groups excluding carboxylic acids is 1. The van der Waals surface area contributed by atoms with Crippen molar-refractivity contribution >= 4 is 33.3 Å². The molecule has 1 aliphatic carbocycles. The van der Waals surface area contributed by atoms with Crippen LogP contribution in [0, 0.1) is 0 Å². The zero-order chi connectivity index (χ0) is 15.8. The Labute approximate surface area is 135 Å². The molecule has 0 spiro atoms. The molecular formula is C16H14N4O2S. The Morgan fingerprint density at radius 3 is 3.04 bits per heavy atom. The SMILES string of the molecule is O=C(Cn1cnc2sc3c(c2c1=O)CCC3)Nc1ccccn1. The second-order valence-corrected chi connectivity index (χ2v) is 6.56. The van der Waals surface area contributed by atoms with Crippen LogP contribution in [-0.2, 0) is 24.2 Å². The molecule has 6 nitrogen and oxygen atoms in total. The molecule has 116 valence electrons. The van der Waals surface area contributed by atoms with Crippen LogP contribution in [0.25, 0.3) is 10.2 Å². The summed E-state index contributed by atoms with van der Waals surface area (Å²) >= 11 is 1.60. The summed E-state index contributed by atoms with van der Waals surface area (Å²) in [6.07, 6.45) is 6.09. The lowest BCUT2D eigenvalue weighted by atomic mass is 10.2. The van der Waals surface area contributed by atoms with Crippen LogP contribution in [0.3, 0.4) is 0 Å². The van der Waals surface area contributed by atoms with E-state index in [4.69, 9.17) is 0 Å². The molecule has 0 atom stereocenters. The summed E-state index contributed by atoms with van der Waals surface area (Å²) in [5.41, 5.74) is 0.993. The number of nitrogens with zero attached hydrogens (tertiary/aromatic N) is 3. The number of thiophene rings is 1. The van der Waals surface area contributed by atoms with Gasteiger partial charge in [0, 0.05) is 11.1 Å². The third-order valence-corrected chi connectivity index (χ3v) is 5.14. The van der Waals surface area contributed by atoms with Gasteiger partial charge in [-0.3, -0.25) is 14.2 Å². The standard InChI is InChI=1S/C16H14N4O2S/c21-13(19-12-6-1-2-7-17-12)8-20-9-18-15-14(16(20)22)10-4-3-5-11(10)23-15/h1-2,6-7,9H,3-5,8H2,(H,17,19,21). The molecular weight excluding hydrogens is 312 g/mol. The molecule has 23 heavy (non-hydrogen) atoms. The van der Waals surface area contributed by atoms with Crippen molar-refractivity contribution in [3.63, 3.8) is 0 Å². The summed E-state index contributed by atoms with van der Waals surface area (Å²) in [4.78, 5) is 35.2. The van der Waals surface area contributed by atoms with E-state index in [0.717, 1.165) is 29.7 Å². The molecule has 0 radical (unpaired) electrons. The second-order valence-electron chi connectivity index (χ2n) is 5.48. The van der Waals surface area contributed by atoms with Crippen LogP contribution in [0.15, 0.2) is 35.5 Å². The number of nitrogens with one attached hydrogen (secondary N) is 1. The number of carbonyl (C=O) groups is 1. The highest BCUT2D eigenvalue weighted by atomic mass is 32.1. The van der Waals surface area contributed by atoms with Gasteiger partial charge in [-0.25, -0.2) is 9.97 Å². The monoisotopic (exact) mass is 326 g/mol. The zero-order valence-corrected chi connectivity index (χ0v) is 13.1. The van der Waals surface area contributed by atoms with Gasteiger partial charge < -0.3 is 5.32 Å². The molecule has 3 heterocycles. The van der Waals surface area contributed by atoms with Crippen LogP contribution in [-0.4, -0.2) is 20.4 Å². The Balaban J connectivity index is 1.63. The van der Waals surface area contributed by atoms with Gasteiger partial charge in [-0.2, -0.15) is 0 Å². The third-order valence-electron chi connectivity index (χ3n) is 3.94. The van der Waals surface area contributed by atoms with Crippen molar-refractivity contribution in [3.05, 3.63) is 51.5 Å². The molecule has 4 rings (SSSR count). The lowest BCUT2D eigenvalue weighted by molar-refractivity contribution is -0.116. The van der Waals surface area contributed by atoms with Gasteiger partial charge >= 0.3 is 0 Å². The van der Waals surface area contributed by atoms with Crippen LogP contribution in [0.1, 0.15) is 16.9 Å². The molecule has 0 unspecified atom stereocenters. The molecule has 0 fully saturated rings. The highest BCUT2D eigenvalue weighted by Gasteiger charge is 2.21. The largest absolute Gasteiger partial charge is 0.309 e. The van der Waals surface area contributed by atoms with Crippen LogP contribution < -0.4 is 10.9 Å². The fourth-order valence-corrected chi connectivity index (χ4v) is 4.13. The Hall–Kier alpha value is -2.54. The molecule has 3 aromatic rings. The quantitative estimate of drug-likeness (QED) is 0.798. The third kappa shape index (κ3) is 2.53. The molecule has 0 aliphatic heterocycles. The lowest BCUT2D eigenvalue weighted by Gasteiger charge is -2.06. The number of amides is 1. The summed E-state index contributed by atoms with van der Waals surface area (Å²) in [6, 6.07) is 5.26. The number of aryl methyl sites for hydroxylation is 2. The first-order chi connectivity index (χ1) is 11.2. The van der Waals surface area contributed by atoms with E-state index in [9.17, 15) is 9.59 Å². The first kappa shape index (κ1) is 14.1. The van der Waals surface area contributed by atoms with Gasteiger partial charge in [0.05, 0.1) is 11.7 Å². The average molecular weight is 326 g/mol. The van der Waals surface area contributed by atoms with Crippen molar-refractivity contribution in [1.29, 1.82) is 0 Å². The van der Waals surface area contributed by atoms with Gasteiger partial charge in [0.25, 0.3) is 5.56 Å². The highest BCUT2D eigenvalue weighted by molar-refractivity contribution is 7.18. The Kier molecular flexibility index (Phi) is 3.42. The van der Waals surface area contributed by atoms with Gasteiger partial charge in [-0.15, -0.1) is 11.3 Å². The van der Waals surface area contributed by atoms with Gasteiger partial charge in [-0.1, -0.05) is 6.07 Å². The smallest absolute Gasteiger partial charge is 0.262 e. The molecule has 1 amide bonds. The molecule has 0 aromatic carbocycles. The fourth-order valence-electron chi connectivity index (χ4n) is 2.91. The highest BCUT2D eigenvalue weighted by Crippen LogP contribution is 2.34. The minimum atomic E-state index is -0.293. The van der Waals surface area contributed by atoms with Crippen LogP contribution in [0.4, 0.5) is 5.82 Å². The summed E-state index contributed by atoms with van der Waals surface area (Å²) in [7, 11) is 0. The number of pyridine rings is 1. The van der Waals surface area contributed by atoms with Gasteiger partial charge in [-0.05, 0) is 37.0 Å². The molecule has 3 aromatic heterocycles. The fraction of sp³-hybridized carbons (Fsp3) is 0.250. The molecule has 0 saturated heterocycles. The van der Waals surface area contributed by atoms with Crippen molar-refractivity contribution in [2.45, 2.75) is 25.8 Å². The van der Waals surface area contributed by atoms with Crippen molar-refractivity contribution in [3.8, 4) is 0 Å². The van der Waals surface area contributed by atoms with Gasteiger partial charge in [0.2, 0.25) is 5.91 Å². The maximum Gasteiger partial charge on any atom is 0.262 e. The molecule has 1 aliphatic rings. The minimum absolute atomic E-state index is 0.0665. The van der Waals surface area contributed by atoms with Crippen molar-refractivity contribution in [1.82, 2.24) is 14.5 Å². The van der Waals surface area contributed by atoms with E-state index in [1.54, 1.807) is 35.7 Å². The number of aromatic nitrogens is 3. The summed E-state index contributed by atoms with van der Waals surface area (Å²) in [5, 5.41) is 3.37. The lowest BCUT2D eigenvalue weighted by Crippen LogP contribution is -2.28. The average Bonchev–Trinajstić information content (AvgIpc) is 3.11. The number of hydrogen-bond donors (Lipinski definition) is 1. The van der Waals surface area contributed by atoms with E-state index in [1.165, 1.54) is 15.8 Å². The maximum absolute atomic E-state index is 12.7. The van der Waals surface area contributed by atoms with Gasteiger partial charge in [0.1, 0.15) is 17.2 Å². The van der Waals surface area contributed by atoms with Crippen LogP contribution in [0.5, 0.6) is 0 Å². The Morgan fingerprint density at radius 1 is 1.30 bits per heavy atom. The molecule has 1 N–H and O–H groups in total.